The second kappa shape index (κ2) is 3.13. The highest BCUT2D eigenvalue weighted by Crippen LogP contribution is 2.20. The Morgan fingerprint density at radius 2 is 2.21 bits per heavy atom. The predicted molar refractivity (Wildman–Crippen MR) is 51.3 cm³/mol. The van der Waals surface area contributed by atoms with Gasteiger partial charge in [0, 0.05) is 12.2 Å². The van der Waals surface area contributed by atoms with Gasteiger partial charge in [-0.3, -0.25) is 4.79 Å². The third-order valence-electron chi connectivity index (χ3n) is 1.99. The molecule has 2 rings (SSSR count). The number of nitrogens with two attached hydrogens (primary N) is 2. The molecule has 0 aromatic carbocycles. The molecule has 14 heavy (non-hydrogen) atoms. The first-order chi connectivity index (χ1) is 6.66. The van der Waals surface area contributed by atoms with Crippen LogP contribution in [0.1, 0.15) is 23.2 Å². The summed E-state index contributed by atoms with van der Waals surface area (Å²) in [5.74, 6) is -0.0360. The molecule has 1 aliphatic rings. The molecule has 1 fully saturated rings. The fourth-order valence-electron chi connectivity index (χ4n) is 1.08. The van der Waals surface area contributed by atoms with Crippen LogP contribution in [0.3, 0.4) is 0 Å². The third kappa shape index (κ3) is 1.73. The number of nitrogen functional groups attached to an aromatic ring is 2. The van der Waals surface area contributed by atoms with Gasteiger partial charge in [-0.2, -0.15) is 4.98 Å². The summed E-state index contributed by atoms with van der Waals surface area (Å²) in [5.41, 5.74) is 11.1. The van der Waals surface area contributed by atoms with Crippen molar-refractivity contribution in [2.75, 3.05) is 11.5 Å². The van der Waals surface area contributed by atoms with Gasteiger partial charge in [0.2, 0.25) is 5.95 Å². The molecule has 74 valence electrons. The van der Waals surface area contributed by atoms with Crippen molar-refractivity contribution < 1.29 is 4.79 Å². The Bertz CT molecular complexity index is 374. The van der Waals surface area contributed by atoms with Crippen molar-refractivity contribution in [3.8, 4) is 0 Å². The van der Waals surface area contributed by atoms with Gasteiger partial charge >= 0.3 is 0 Å². The van der Waals surface area contributed by atoms with Crippen molar-refractivity contribution in [3.63, 3.8) is 0 Å². The van der Waals surface area contributed by atoms with Gasteiger partial charge in [0.05, 0.1) is 5.56 Å². The lowest BCUT2D eigenvalue weighted by atomic mass is 10.3. The zero-order valence-corrected chi connectivity index (χ0v) is 7.53. The SMILES string of the molecule is Nc1ncc(C(=O)NC2CC2)c(N)n1. The van der Waals surface area contributed by atoms with Gasteiger partial charge in [-0.25, -0.2) is 4.98 Å². The molecule has 1 aromatic heterocycles. The van der Waals surface area contributed by atoms with E-state index in [-0.39, 0.29) is 23.2 Å². The summed E-state index contributed by atoms with van der Waals surface area (Å²) in [6.45, 7) is 0. The van der Waals surface area contributed by atoms with Crippen LogP contribution in [-0.4, -0.2) is 21.9 Å². The van der Waals surface area contributed by atoms with Crippen LogP contribution in [0.15, 0.2) is 6.20 Å². The minimum atomic E-state index is -0.231. The number of aromatic nitrogens is 2. The van der Waals surface area contributed by atoms with Crippen LogP contribution in [0.2, 0.25) is 0 Å². The summed E-state index contributed by atoms with van der Waals surface area (Å²) in [4.78, 5) is 18.9. The van der Waals surface area contributed by atoms with E-state index in [4.69, 9.17) is 11.5 Å². The number of nitrogens with one attached hydrogen (secondary N) is 1. The molecule has 0 spiro atoms. The normalized spacial score (nSPS) is 15.1. The molecule has 1 saturated carbocycles. The average molecular weight is 193 g/mol. The maximum absolute atomic E-state index is 11.5. The maximum atomic E-state index is 11.5. The molecule has 1 amide bonds. The Hall–Kier alpha value is -1.85. The first-order valence-electron chi connectivity index (χ1n) is 4.35. The largest absolute Gasteiger partial charge is 0.383 e. The van der Waals surface area contributed by atoms with Crippen molar-refractivity contribution in [2.24, 2.45) is 0 Å². The molecular formula is C8H11N5O. The lowest BCUT2D eigenvalue weighted by Crippen LogP contribution is -2.26. The van der Waals surface area contributed by atoms with Gasteiger partial charge in [-0.1, -0.05) is 0 Å². The van der Waals surface area contributed by atoms with Crippen LogP contribution in [-0.2, 0) is 0 Å². The molecule has 6 nitrogen and oxygen atoms in total. The summed E-state index contributed by atoms with van der Waals surface area (Å²) < 4.78 is 0. The van der Waals surface area contributed by atoms with Gasteiger partial charge in [-0.05, 0) is 12.8 Å². The van der Waals surface area contributed by atoms with Crippen molar-refractivity contribution in [1.29, 1.82) is 0 Å². The third-order valence-corrected chi connectivity index (χ3v) is 1.99. The Balaban J connectivity index is 2.17. The Labute approximate surface area is 80.7 Å². The fraction of sp³-hybridized carbons (Fsp3) is 0.375. The van der Waals surface area contributed by atoms with Gasteiger partial charge < -0.3 is 16.8 Å². The summed E-state index contributed by atoms with van der Waals surface area (Å²) in [7, 11) is 0. The first-order valence-corrected chi connectivity index (χ1v) is 4.35. The number of hydrogen-bond donors (Lipinski definition) is 3. The number of hydrogen-bond acceptors (Lipinski definition) is 5. The van der Waals surface area contributed by atoms with E-state index in [1.165, 1.54) is 6.20 Å². The summed E-state index contributed by atoms with van der Waals surface area (Å²) in [5, 5.41) is 2.79. The standard InChI is InChI=1S/C8H11N5O/c9-6-5(3-11-8(10)13-6)7(14)12-4-1-2-4/h3-4H,1-2H2,(H,12,14)(H4,9,10,11,13). The summed E-state index contributed by atoms with van der Waals surface area (Å²) in [6, 6.07) is 0.291. The number of carbonyl (C=O) groups excluding carboxylic acids is 1. The van der Waals surface area contributed by atoms with Crippen molar-refractivity contribution in [3.05, 3.63) is 11.8 Å². The Morgan fingerprint density at radius 1 is 1.50 bits per heavy atom. The number of amides is 1. The molecule has 0 atom stereocenters. The fourth-order valence-corrected chi connectivity index (χ4v) is 1.08. The highest BCUT2D eigenvalue weighted by Gasteiger charge is 2.24. The molecule has 6 heteroatoms. The number of carbonyl (C=O) groups is 1. The zero-order chi connectivity index (χ0) is 10.1. The van der Waals surface area contributed by atoms with E-state index in [1.54, 1.807) is 0 Å². The van der Waals surface area contributed by atoms with Crippen LogP contribution in [0.5, 0.6) is 0 Å². The Morgan fingerprint density at radius 3 is 2.79 bits per heavy atom. The van der Waals surface area contributed by atoms with E-state index in [0.29, 0.717) is 6.04 Å². The van der Waals surface area contributed by atoms with Crippen molar-refractivity contribution in [2.45, 2.75) is 18.9 Å². The van der Waals surface area contributed by atoms with E-state index < -0.39 is 0 Å². The number of nitrogens with zero attached hydrogens (tertiary/aromatic N) is 2. The molecule has 0 bridgehead atoms. The number of anilines is 2. The molecule has 0 unspecified atom stereocenters. The second-order valence-electron chi connectivity index (χ2n) is 3.27. The van der Waals surface area contributed by atoms with Gasteiger partial charge in [0.25, 0.3) is 5.91 Å². The van der Waals surface area contributed by atoms with Crippen LogP contribution in [0.25, 0.3) is 0 Å². The predicted octanol–water partition coefficient (Wildman–Crippen LogP) is -0.467. The van der Waals surface area contributed by atoms with Crippen LogP contribution in [0, 0.1) is 0 Å². The van der Waals surface area contributed by atoms with Crippen molar-refractivity contribution in [1.82, 2.24) is 15.3 Å². The summed E-state index contributed by atoms with van der Waals surface area (Å²) >= 11 is 0. The van der Waals surface area contributed by atoms with E-state index in [9.17, 15) is 4.79 Å². The smallest absolute Gasteiger partial charge is 0.256 e. The molecule has 0 aliphatic heterocycles. The lowest BCUT2D eigenvalue weighted by molar-refractivity contribution is 0.0951. The molecule has 5 N–H and O–H groups in total. The topological polar surface area (TPSA) is 107 Å². The van der Waals surface area contributed by atoms with Crippen molar-refractivity contribution >= 4 is 17.7 Å². The highest BCUT2D eigenvalue weighted by molar-refractivity contribution is 5.98. The van der Waals surface area contributed by atoms with E-state index in [2.05, 4.69) is 15.3 Å². The minimum absolute atomic E-state index is 0.0745. The molecular weight excluding hydrogens is 182 g/mol. The molecule has 1 heterocycles. The van der Waals surface area contributed by atoms with Gasteiger partial charge in [-0.15, -0.1) is 0 Å². The molecule has 1 aromatic rings. The quantitative estimate of drug-likeness (QED) is 0.588. The molecule has 0 saturated heterocycles. The highest BCUT2D eigenvalue weighted by atomic mass is 16.1. The molecule has 0 radical (unpaired) electrons. The van der Waals surface area contributed by atoms with Gasteiger partial charge in [0.1, 0.15) is 5.82 Å². The zero-order valence-electron chi connectivity index (χ0n) is 7.53. The molecule has 1 aliphatic carbocycles. The van der Waals surface area contributed by atoms with Crippen LogP contribution < -0.4 is 16.8 Å². The maximum Gasteiger partial charge on any atom is 0.256 e. The summed E-state index contributed by atoms with van der Waals surface area (Å²) in [6.07, 6.45) is 3.40. The van der Waals surface area contributed by atoms with Crippen LogP contribution in [0.4, 0.5) is 11.8 Å². The monoisotopic (exact) mass is 193 g/mol. The van der Waals surface area contributed by atoms with Crippen LogP contribution >= 0.6 is 0 Å². The first kappa shape index (κ1) is 8.74. The van der Waals surface area contributed by atoms with E-state index in [0.717, 1.165) is 12.8 Å². The lowest BCUT2D eigenvalue weighted by Gasteiger charge is -2.04. The van der Waals surface area contributed by atoms with Gasteiger partial charge in [0.15, 0.2) is 0 Å². The van der Waals surface area contributed by atoms with E-state index in [1.807, 2.05) is 0 Å². The Kier molecular flexibility index (Phi) is 1.95. The van der Waals surface area contributed by atoms with E-state index >= 15 is 0 Å². The minimum Gasteiger partial charge on any atom is -0.383 e. The average Bonchev–Trinajstić information content (AvgIpc) is 2.87. The number of rotatable bonds is 2. The second-order valence-corrected chi connectivity index (χ2v) is 3.27.